The Morgan fingerprint density at radius 3 is 2.32 bits per heavy atom. The van der Waals surface area contributed by atoms with Crippen LogP contribution in [0, 0.1) is 0 Å². The second-order valence-corrected chi connectivity index (χ2v) is 9.10. The van der Waals surface area contributed by atoms with Gasteiger partial charge in [0.1, 0.15) is 5.75 Å². The van der Waals surface area contributed by atoms with E-state index >= 15 is 0 Å². The third-order valence-electron chi connectivity index (χ3n) is 6.82. The Morgan fingerprint density at radius 2 is 1.63 bits per heavy atom. The van der Waals surface area contributed by atoms with Crippen LogP contribution in [0.15, 0.2) is 54.6 Å². The smallest absolute Gasteiger partial charge is 0.252 e. The van der Waals surface area contributed by atoms with E-state index in [-0.39, 0.29) is 5.56 Å². The van der Waals surface area contributed by atoms with Gasteiger partial charge in [0.15, 0.2) is 11.5 Å². The Kier molecular flexibility index (Phi) is 7.23. The van der Waals surface area contributed by atoms with Gasteiger partial charge >= 0.3 is 0 Å². The zero-order chi connectivity index (χ0) is 26.6. The second-order valence-electron chi connectivity index (χ2n) is 9.10. The van der Waals surface area contributed by atoms with Gasteiger partial charge in [-0.05, 0) is 77.2 Å². The summed E-state index contributed by atoms with van der Waals surface area (Å²) >= 11 is 0. The second kappa shape index (κ2) is 10.9. The first kappa shape index (κ1) is 25.2. The number of rotatable bonds is 9. The van der Waals surface area contributed by atoms with Crippen molar-refractivity contribution < 1.29 is 19.0 Å². The molecule has 0 aliphatic carbocycles. The van der Waals surface area contributed by atoms with E-state index in [0.717, 1.165) is 49.7 Å². The molecule has 3 aromatic carbocycles. The zero-order valence-electron chi connectivity index (χ0n) is 21.7. The summed E-state index contributed by atoms with van der Waals surface area (Å²) < 4.78 is 16.1. The Hall–Kier alpha value is -4.44. The summed E-state index contributed by atoms with van der Waals surface area (Å²) in [6.45, 7) is 2.86. The molecule has 0 saturated carbocycles. The van der Waals surface area contributed by atoms with E-state index < -0.39 is 5.91 Å². The van der Waals surface area contributed by atoms with Crippen LogP contribution in [0.3, 0.4) is 0 Å². The van der Waals surface area contributed by atoms with Crippen LogP contribution < -0.4 is 19.9 Å². The van der Waals surface area contributed by atoms with Crippen molar-refractivity contribution in [2.24, 2.45) is 5.73 Å². The van der Waals surface area contributed by atoms with E-state index in [1.54, 1.807) is 32.4 Å². The van der Waals surface area contributed by atoms with Gasteiger partial charge in [0, 0.05) is 25.2 Å². The normalized spacial score (nSPS) is 13.1. The molecule has 1 amide bonds. The van der Waals surface area contributed by atoms with Crippen LogP contribution in [0.5, 0.6) is 17.2 Å². The average molecular weight is 515 g/mol. The number of tetrazole rings is 1. The summed E-state index contributed by atoms with van der Waals surface area (Å²) in [5, 5.41) is 12.8. The van der Waals surface area contributed by atoms with Crippen molar-refractivity contribution >= 4 is 5.91 Å². The van der Waals surface area contributed by atoms with E-state index in [9.17, 15) is 4.79 Å². The number of nitrogens with two attached hydrogens (primary N) is 1. The fourth-order valence-corrected chi connectivity index (χ4v) is 4.69. The van der Waals surface area contributed by atoms with Crippen molar-refractivity contribution in [2.45, 2.75) is 19.4 Å². The van der Waals surface area contributed by atoms with Crippen molar-refractivity contribution in [3.8, 4) is 34.3 Å². The molecule has 0 unspecified atom stereocenters. The van der Waals surface area contributed by atoms with Crippen LogP contribution in [0.1, 0.15) is 27.0 Å². The summed E-state index contributed by atoms with van der Waals surface area (Å²) in [5.74, 6) is 1.76. The standard InChI is InChI=1S/C28H30N6O4/c1-36-24-9-6-20(14-23(24)27(29)35)28-30-32-34(31-28)22-7-4-18(5-8-22)10-12-33-13-11-19-15-25(37-2)26(38-3)16-21(19)17-33/h4-9,14-16H,10-13,17H2,1-3H3,(H2,29,35). The van der Waals surface area contributed by atoms with Crippen LogP contribution in [0.25, 0.3) is 17.1 Å². The highest BCUT2D eigenvalue weighted by Crippen LogP contribution is 2.33. The fourth-order valence-electron chi connectivity index (χ4n) is 4.69. The Bertz CT molecular complexity index is 1450. The number of ether oxygens (including phenoxy) is 3. The predicted octanol–water partition coefficient (Wildman–Crippen LogP) is 3.05. The third-order valence-corrected chi connectivity index (χ3v) is 6.82. The van der Waals surface area contributed by atoms with E-state index in [1.807, 2.05) is 12.1 Å². The molecule has 0 atom stereocenters. The number of aromatic nitrogens is 4. The maximum atomic E-state index is 11.7. The highest BCUT2D eigenvalue weighted by Gasteiger charge is 2.19. The maximum absolute atomic E-state index is 11.7. The molecule has 5 rings (SSSR count). The van der Waals surface area contributed by atoms with Crippen LogP contribution in [0.4, 0.5) is 0 Å². The number of hydrogen-bond acceptors (Lipinski definition) is 8. The van der Waals surface area contributed by atoms with Gasteiger partial charge < -0.3 is 19.9 Å². The first-order valence-corrected chi connectivity index (χ1v) is 12.3. The van der Waals surface area contributed by atoms with Crippen molar-refractivity contribution in [2.75, 3.05) is 34.4 Å². The van der Waals surface area contributed by atoms with Gasteiger partial charge in [-0.25, -0.2) is 0 Å². The molecule has 0 saturated heterocycles. The monoisotopic (exact) mass is 514 g/mol. The van der Waals surface area contributed by atoms with E-state index in [2.05, 4.69) is 44.6 Å². The number of carbonyl (C=O) groups is 1. The SMILES string of the molecule is COc1cc2c(cc1OC)CN(CCc1ccc(-n3nnc(-c4ccc(OC)c(C(N)=O)c4)n3)cc1)CC2. The molecule has 10 nitrogen and oxygen atoms in total. The van der Waals surface area contributed by atoms with E-state index in [4.69, 9.17) is 19.9 Å². The Labute approximate surface area is 220 Å². The molecular formula is C28H30N6O4. The summed E-state index contributed by atoms with van der Waals surface area (Å²) in [5.41, 5.74) is 11.0. The summed E-state index contributed by atoms with van der Waals surface area (Å²) in [4.78, 5) is 15.7. The number of nitrogens with zero attached hydrogens (tertiary/aromatic N) is 5. The van der Waals surface area contributed by atoms with Gasteiger partial charge in [0.2, 0.25) is 5.82 Å². The topological polar surface area (TPSA) is 118 Å². The van der Waals surface area contributed by atoms with Crippen LogP contribution in [-0.4, -0.2) is 65.4 Å². The van der Waals surface area contributed by atoms with Crippen LogP contribution >= 0.6 is 0 Å². The molecular weight excluding hydrogens is 484 g/mol. The average Bonchev–Trinajstić information content (AvgIpc) is 3.45. The molecule has 38 heavy (non-hydrogen) atoms. The largest absolute Gasteiger partial charge is 0.496 e. The van der Waals surface area contributed by atoms with E-state index in [0.29, 0.717) is 17.1 Å². The number of carbonyl (C=O) groups excluding carboxylic acids is 1. The molecule has 2 heterocycles. The lowest BCUT2D eigenvalue weighted by Crippen LogP contribution is -2.32. The van der Waals surface area contributed by atoms with E-state index in [1.165, 1.54) is 28.6 Å². The lowest BCUT2D eigenvalue weighted by Gasteiger charge is -2.29. The molecule has 0 spiro atoms. The fraction of sp³-hybridized carbons (Fsp3) is 0.286. The minimum Gasteiger partial charge on any atom is -0.496 e. The van der Waals surface area contributed by atoms with Crippen LogP contribution in [-0.2, 0) is 19.4 Å². The summed E-state index contributed by atoms with van der Waals surface area (Å²) in [6, 6.07) is 17.4. The van der Waals surface area contributed by atoms with Crippen molar-refractivity contribution in [3.63, 3.8) is 0 Å². The molecule has 196 valence electrons. The predicted molar refractivity (Wildman–Crippen MR) is 142 cm³/mol. The molecule has 1 aliphatic heterocycles. The number of hydrogen-bond donors (Lipinski definition) is 1. The molecule has 0 fully saturated rings. The van der Waals surface area contributed by atoms with Crippen molar-refractivity contribution in [3.05, 3.63) is 76.9 Å². The number of benzene rings is 3. The summed E-state index contributed by atoms with van der Waals surface area (Å²) in [6.07, 6.45) is 1.92. The minimum absolute atomic E-state index is 0.266. The molecule has 10 heteroatoms. The molecule has 4 aromatic rings. The molecule has 0 radical (unpaired) electrons. The highest BCUT2D eigenvalue weighted by molar-refractivity contribution is 5.96. The van der Waals surface area contributed by atoms with Crippen LogP contribution in [0.2, 0.25) is 0 Å². The molecule has 2 N–H and O–H groups in total. The van der Waals surface area contributed by atoms with Gasteiger partial charge in [-0.2, -0.15) is 0 Å². The lowest BCUT2D eigenvalue weighted by atomic mass is 9.98. The first-order chi connectivity index (χ1) is 18.5. The van der Waals surface area contributed by atoms with Crippen molar-refractivity contribution in [1.82, 2.24) is 25.1 Å². The number of primary amides is 1. The zero-order valence-corrected chi connectivity index (χ0v) is 21.7. The maximum Gasteiger partial charge on any atom is 0.252 e. The highest BCUT2D eigenvalue weighted by atomic mass is 16.5. The van der Waals surface area contributed by atoms with Gasteiger partial charge in [-0.15, -0.1) is 15.0 Å². The van der Waals surface area contributed by atoms with Gasteiger partial charge in [-0.3, -0.25) is 9.69 Å². The number of fused-ring (bicyclic) bond motifs is 1. The quantitative estimate of drug-likeness (QED) is 0.362. The number of amides is 1. The van der Waals surface area contributed by atoms with Gasteiger partial charge in [0.05, 0.1) is 32.6 Å². The van der Waals surface area contributed by atoms with Crippen molar-refractivity contribution in [1.29, 1.82) is 0 Å². The third kappa shape index (κ3) is 5.16. The first-order valence-electron chi connectivity index (χ1n) is 12.3. The van der Waals surface area contributed by atoms with Gasteiger partial charge in [0.25, 0.3) is 5.91 Å². The Morgan fingerprint density at radius 1 is 0.921 bits per heavy atom. The molecule has 1 aromatic heterocycles. The lowest BCUT2D eigenvalue weighted by molar-refractivity contribution is 0.0997. The van der Waals surface area contributed by atoms with Gasteiger partial charge in [-0.1, -0.05) is 12.1 Å². The summed E-state index contributed by atoms with van der Waals surface area (Å²) in [7, 11) is 4.83. The minimum atomic E-state index is -0.583. The molecule has 1 aliphatic rings. The Balaban J connectivity index is 1.23. The molecule has 0 bridgehead atoms. The number of methoxy groups -OCH3 is 3.